The van der Waals surface area contributed by atoms with Crippen LogP contribution in [0.4, 0.5) is 19.2 Å². The fourth-order valence-electron chi connectivity index (χ4n) is 5.60. The predicted molar refractivity (Wildman–Crippen MR) is 223 cm³/mol. The van der Waals surface area contributed by atoms with Gasteiger partial charge >= 0.3 is 24.4 Å². The van der Waals surface area contributed by atoms with E-state index in [-0.39, 0.29) is 18.6 Å². The quantitative estimate of drug-likeness (QED) is 0.0703. The van der Waals surface area contributed by atoms with Gasteiger partial charge in [0.2, 0.25) is 0 Å². The Morgan fingerprint density at radius 3 is 0.982 bits per heavy atom. The van der Waals surface area contributed by atoms with Gasteiger partial charge in [0, 0.05) is 45.8 Å². The molecule has 0 bridgehead atoms. The molecule has 56 heavy (non-hydrogen) atoms. The number of nitrogens with one attached hydrogen (secondary N) is 1. The third-order valence-electron chi connectivity index (χ3n) is 8.18. The Morgan fingerprint density at radius 1 is 0.429 bits per heavy atom. The Labute approximate surface area is 340 Å². The lowest BCUT2D eigenvalue weighted by Crippen LogP contribution is -2.38. The zero-order chi connectivity index (χ0) is 42.8. The van der Waals surface area contributed by atoms with Crippen LogP contribution in [-0.2, 0) is 18.9 Å². The van der Waals surface area contributed by atoms with Gasteiger partial charge in [-0.1, -0.05) is 51.4 Å². The zero-order valence-electron chi connectivity index (χ0n) is 37.6. The highest BCUT2D eigenvalue weighted by atomic mass is 16.6. The zero-order valence-corrected chi connectivity index (χ0v) is 37.6. The van der Waals surface area contributed by atoms with E-state index in [4.69, 9.17) is 24.2 Å². The maximum absolute atomic E-state index is 13.0. The normalized spacial score (nSPS) is 12.0. The van der Waals surface area contributed by atoms with Gasteiger partial charge in [-0.2, -0.15) is 5.26 Å². The van der Waals surface area contributed by atoms with Crippen LogP contribution in [0.2, 0.25) is 0 Å². The summed E-state index contributed by atoms with van der Waals surface area (Å²) in [7, 11) is 0. The second-order valence-corrected chi connectivity index (χ2v) is 18.7. The average Bonchev–Trinajstić information content (AvgIpc) is 3.02. The first-order valence-electron chi connectivity index (χ1n) is 21.2. The van der Waals surface area contributed by atoms with Crippen molar-refractivity contribution in [1.29, 1.82) is 5.26 Å². The first kappa shape index (κ1) is 52.6. The van der Waals surface area contributed by atoms with Gasteiger partial charge in [-0.25, -0.2) is 19.2 Å². The van der Waals surface area contributed by atoms with Crippen molar-refractivity contribution in [3.8, 4) is 6.07 Å². The Kier molecular flexibility index (Phi) is 25.6. The molecule has 13 heteroatoms. The molecule has 0 aromatic rings. The molecule has 1 N–H and O–H groups in total. The summed E-state index contributed by atoms with van der Waals surface area (Å²) in [6.07, 6.45) is 11.9. The maximum atomic E-state index is 13.0. The van der Waals surface area contributed by atoms with Gasteiger partial charge in [-0.15, -0.1) is 0 Å². The number of carbonyl (C=O) groups excluding carboxylic acids is 4. The fourth-order valence-corrected chi connectivity index (χ4v) is 5.60. The topological polar surface area (TPSA) is 151 Å². The molecule has 0 rings (SSSR count). The molecular formula is C43H81N5O8. The first-order valence-corrected chi connectivity index (χ1v) is 21.2. The molecule has 0 heterocycles. The van der Waals surface area contributed by atoms with Crippen LogP contribution >= 0.6 is 0 Å². The lowest BCUT2D eigenvalue weighted by molar-refractivity contribution is 0.0228. The molecule has 13 nitrogen and oxygen atoms in total. The summed E-state index contributed by atoms with van der Waals surface area (Å²) in [4.78, 5) is 55.6. The van der Waals surface area contributed by atoms with E-state index in [0.29, 0.717) is 45.8 Å². The van der Waals surface area contributed by atoms with Crippen molar-refractivity contribution in [3.05, 3.63) is 0 Å². The standard InChI is InChI=1S/C43H81N5O8/c1-40(2,3)53-36(49)45-29-21-15-18-24-32-46(37(50)54-41(4,5)6)30-22-16-13-14-17-23-31-47(38(51)55-42(7,8)9)33-25-19-20-26-34-48(35-27-28-44)39(52)56-43(10,11)12/h13-27,29-35H2,1-12H3,(H,45,49). The number of nitriles is 1. The fraction of sp³-hybridized carbons (Fsp3) is 0.884. The summed E-state index contributed by atoms with van der Waals surface area (Å²) in [6, 6.07) is 2.10. The average molecular weight is 796 g/mol. The lowest BCUT2D eigenvalue weighted by atomic mass is 10.1. The predicted octanol–water partition coefficient (Wildman–Crippen LogP) is 10.6. The van der Waals surface area contributed by atoms with Crippen LogP contribution in [0.15, 0.2) is 0 Å². The van der Waals surface area contributed by atoms with Gasteiger partial charge in [-0.3, -0.25) is 0 Å². The minimum atomic E-state index is -0.591. The van der Waals surface area contributed by atoms with E-state index in [1.807, 2.05) is 92.9 Å². The third kappa shape index (κ3) is 31.7. The number of amides is 4. The van der Waals surface area contributed by atoms with E-state index < -0.39 is 34.6 Å². The van der Waals surface area contributed by atoms with E-state index in [1.165, 1.54) is 0 Å². The Hall–Kier alpha value is -3.43. The number of nitrogens with zero attached hydrogens (tertiary/aromatic N) is 4. The van der Waals surface area contributed by atoms with Crippen molar-refractivity contribution in [2.45, 2.75) is 202 Å². The van der Waals surface area contributed by atoms with Crippen LogP contribution in [-0.4, -0.2) is 107 Å². The second-order valence-electron chi connectivity index (χ2n) is 18.7. The van der Waals surface area contributed by atoms with Gasteiger partial charge in [0.25, 0.3) is 0 Å². The summed E-state index contributed by atoms with van der Waals surface area (Å²) >= 11 is 0. The summed E-state index contributed by atoms with van der Waals surface area (Å²) in [5, 5.41) is 11.8. The van der Waals surface area contributed by atoms with Crippen LogP contribution in [0.25, 0.3) is 0 Å². The molecule has 0 unspecified atom stereocenters. The Morgan fingerprint density at radius 2 is 0.696 bits per heavy atom. The minimum absolute atomic E-state index is 0.262. The van der Waals surface area contributed by atoms with E-state index in [9.17, 15) is 19.2 Å². The molecule has 0 aromatic heterocycles. The molecule has 0 radical (unpaired) electrons. The smallest absolute Gasteiger partial charge is 0.410 e. The van der Waals surface area contributed by atoms with Crippen molar-refractivity contribution in [3.63, 3.8) is 0 Å². The summed E-state index contributed by atoms with van der Waals surface area (Å²) in [6.45, 7) is 26.3. The number of hydrogen-bond acceptors (Lipinski definition) is 9. The van der Waals surface area contributed by atoms with Crippen molar-refractivity contribution >= 4 is 24.4 Å². The largest absolute Gasteiger partial charge is 0.444 e. The first-order chi connectivity index (χ1) is 25.9. The monoisotopic (exact) mass is 796 g/mol. The van der Waals surface area contributed by atoms with Crippen LogP contribution in [0, 0.1) is 11.3 Å². The number of rotatable bonds is 25. The molecule has 0 saturated carbocycles. The number of carbonyl (C=O) groups is 4. The van der Waals surface area contributed by atoms with Crippen molar-refractivity contribution in [2.24, 2.45) is 0 Å². The molecule has 0 fully saturated rings. The number of unbranched alkanes of at least 4 members (excludes halogenated alkanes) is 11. The number of alkyl carbamates (subject to hydrolysis) is 1. The van der Waals surface area contributed by atoms with Crippen LogP contribution in [0.1, 0.15) is 179 Å². The molecular weight excluding hydrogens is 715 g/mol. The molecule has 0 aromatic carbocycles. The van der Waals surface area contributed by atoms with Gasteiger partial charge in [0.1, 0.15) is 22.4 Å². The number of hydrogen-bond donors (Lipinski definition) is 1. The third-order valence-corrected chi connectivity index (χ3v) is 8.18. The molecule has 4 amide bonds. The molecule has 0 aliphatic carbocycles. The highest BCUT2D eigenvalue weighted by Gasteiger charge is 2.24. The van der Waals surface area contributed by atoms with Crippen molar-refractivity contribution < 1.29 is 38.1 Å². The summed E-state index contributed by atoms with van der Waals surface area (Å²) in [5.74, 6) is 0. The van der Waals surface area contributed by atoms with Crippen LogP contribution < -0.4 is 5.32 Å². The molecule has 326 valence electrons. The number of ether oxygens (including phenoxy) is 4. The Balaban J connectivity index is 4.68. The second kappa shape index (κ2) is 27.2. The van der Waals surface area contributed by atoms with Gasteiger partial charge < -0.3 is 39.0 Å². The molecule has 0 aliphatic rings. The molecule has 0 spiro atoms. The summed E-state index contributed by atoms with van der Waals surface area (Å²) in [5.41, 5.74) is -2.23. The lowest BCUT2D eigenvalue weighted by Gasteiger charge is -2.28. The minimum Gasteiger partial charge on any atom is -0.444 e. The van der Waals surface area contributed by atoms with Gasteiger partial charge in [-0.05, 0) is 122 Å². The summed E-state index contributed by atoms with van der Waals surface area (Å²) < 4.78 is 22.2. The molecule has 0 saturated heterocycles. The van der Waals surface area contributed by atoms with E-state index in [0.717, 1.165) is 89.9 Å². The SMILES string of the molecule is CC(C)(C)OC(=O)NCCCCCCN(CCCCCCCCN(CCCCCCN(CCC#N)C(=O)OC(C)(C)C)C(=O)OC(C)(C)C)C(=O)OC(C)(C)C. The van der Waals surface area contributed by atoms with E-state index in [2.05, 4.69) is 11.4 Å². The van der Waals surface area contributed by atoms with Gasteiger partial charge in [0.15, 0.2) is 0 Å². The van der Waals surface area contributed by atoms with Crippen molar-refractivity contribution in [1.82, 2.24) is 20.0 Å². The Bertz CT molecular complexity index is 1160. The maximum Gasteiger partial charge on any atom is 0.410 e. The van der Waals surface area contributed by atoms with Crippen LogP contribution in [0.5, 0.6) is 0 Å². The highest BCUT2D eigenvalue weighted by molar-refractivity contribution is 5.69. The van der Waals surface area contributed by atoms with Gasteiger partial charge in [0.05, 0.1) is 12.5 Å². The van der Waals surface area contributed by atoms with E-state index >= 15 is 0 Å². The van der Waals surface area contributed by atoms with Crippen LogP contribution in [0.3, 0.4) is 0 Å². The molecule has 0 aliphatic heterocycles. The molecule has 0 atom stereocenters. The van der Waals surface area contributed by atoms with Crippen molar-refractivity contribution in [2.75, 3.05) is 45.8 Å². The van der Waals surface area contributed by atoms with E-state index in [1.54, 1.807) is 4.90 Å². The highest BCUT2D eigenvalue weighted by Crippen LogP contribution is 2.17.